The molecule has 0 bridgehead atoms. The highest BCUT2D eigenvalue weighted by Crippen LogP contribution is 2.42. The lowest BCUT2D eigenvalue weighted by Crippen LogP contribution is -2.26. The van der Waals surface area contributed by atoms with E-state index in [1.807, 2.05) is 0 Å². The zero-order valence-corrected chi connectivity index (χ0v) is 11.1. The summed E-state index contributed by atoms with van der Waals surface area (Å²) in [6.45, 7) is 3.25. The van der Waals surface area contributed by atoms with Gasteiger partial charge in [0.05, 0.1) is 17.6 Å². The van der Waals surface area contributed by atoms with E-state index in [1.54, 1.807) is 0 Å². The second-order valence-electron chi connectivity index (χ2n) is 6.12. The molecule has 0 N–H and O–H groups in total. The molecule has 2 aliphatic rings. The van der Waals surface area contributed by atoms with Gasteiger partial charge >= 0.3 is 0 Å². The third-order valence-corrected chi connectivity index (χ3v) is 4.53. The molecule has 1 heterocycles. The molecule has 1 aliphatic heterocycles. The predicted octanol–water partition coefficient (Wildman–Crippen LogP) is 4.06. The molecular weight excluding hydrogens is 210 g/mol. The molecule has 96 valence electrons. The Balaban J connectivity index is 1.76. The standard InChI is InChI=1S/C15H25NO/c1-13-5-2-8-15(11-13,12-16)9-3-6-14-7-4-10-17-14/h13-14H,2-11H2,1H3. The van der Waals surface area contributed by atoms with E-state index in [-0.39, 0.29) is 5.41 Å². The van der Waals surface area contributed by atoms with Gasteiger partial charge in [0.15, 0.2) is 0 Å². The fourth-order valence-corrected chi connectivity index (χ4v) is 3.58. The second-order valence-corrected chi connectivity index (χ2v) is 6.12. The zero-order chi connectivity index (χ0) is 12.1. The van der Waals surface area contributed by atoms with Crippen molar-refractivity contribution >= 4 is 0 Å². The van der Waals surface area contributed by atoms with Crippen LogP contribution in [0.1, 0.15) is 64.7 Å². The minimum absolute atomic E-state index is 0.00370. The number of nitriles is 1. The van der Waals surface area contributed by atoms with E-state index < -0.39 is 0 Å². The Hall–Kier alpha value is -0.550. The van der Waals surface area contributed by atoms with Gasteiger partial charge in [-0.3, -0.25) is 0 Å². The van der Waals surface area contributed by atoms with Gasteiger partial charge < -0.3 is 4.74 Å². The number of ether oxygens (including phenoxy) is 1. The summed E-state index contributed by atoms with van der Waals surface area (Å²) in [5, 5.41) is 9.47. The summed E-state index contributed by atoms with van der Waals surface area (Å²) in [6.07, 6.45) is 11.2. The second kappa shape index (κ2) is 5.87. The molecule has 0 radical (unpaired) electrons. The molecule has 1 saturated carbocycles. The fraction of sp³-hybridized carbons (Fsp3) is 0.933. The zero-order valence-electron chi connectivity index (χ0n) is 11.1. The molecule has 0 aromatic rings. The average molecular weight is 235 g/mol. The van der Waals surface area contributed by atoms with Crippen LogP contribution in [0.25, 0.3) is 0 Å². The lowest BCUT2D eigenvalue weighted by atomic mass is 9.68. The SMILES string of the molecule is CC1CCCC(C#N)(CCCC2CCCO2)C1. The summed E-state index contributed by atoms with van der Waals surface area (Å²) in [5.74, 6) is 0.742. The van der Waals surface area contributed by atoms with Crippen molar-refractivity contribution in [1.82, 2.24) is 0 Å². The molecule has 3 unspecified atom stereocenters. The smallest absolute Gasteiger partial charge is 0.0689 e. The van der Waals surface area contributed by atoms with E-state index in [1.165, 1.54) is 32.1 Å². The molecule has 2 rings (SSSR count). The highest BCUT2D eigenvalue weighted by Gasteiger charge is 2.34. The third kappa shape index (κ3) is 3.45. The van der Waals surface area contributed by atoms with Crippen LogP contribution in [0.5, 0.6) is 0 Å². The van der Waals surface area contributed by atoms with Crippen molar-refractivity contribution in [1.29, 1.82) is 5.26 Å². The highest BCUT2D eigenvalue weighted by atomic mass is 16.5. The first-order valence-corrected chi connectivity index (χ1v) is 7.27. The number of hydrogen-bond acceptors (Lipinski definition) is 2. The van der Waals surface area contributed by atoms with Crippen LogP contribution in [-0.2, 0) is 4.74 Å². The van der Waals surface area contributed by atoms with Crippen molar-refractivity contribution < 1.29 is 4.74 Å². The number of nitrogens with zero attached hydrogens (tertiary/aromatic N) is 1. The first kappa shape index (κ1) is 12.9. The van der Waals surface area contributed by atoms with Crippen LogP contribution in [0.3, 0.4) is 0 Å². The maximum atomic E-state index is 9.47. The highest BCUT2D eigenvalue weighted by molar-refractivity contribution is 5.01. The van der Waals surface area contributed by atoms with E-state index in [4.69, 9.17) is 4.74 Å². The van der Waals surface area contributed by atoms with E-state index in [2.05, 4.69) is 13.0 Å². The van der Waals surface area contributed by atoms with Crippen molar-refractivity contribution in [2.24, 2.45) is 11.3 Å². The van der Waals surface area contributed by atoms with Crippen LogP contribution in [0.2, 0.25) is 0 Å². The van der Waals surface area contributed by atoms with E-state index in [0.717, 1.165) is 38.2 Å². The monoisotopic (exact) mass is 235 g/mol. The van der Waals surface area contributed by atoms with Gasteiger partial charge in [-0.15, -0.1) is 0 Å². The Kier molecular flexibility index (Phi) is 4.45. The van der Waals surface area contributed by atoms with E-state index >= 15 is 0 Å². The largest absolute Gasteiger partial charge is 0.378 e. The predicted molar refractivity (Wildman–Crippen MR) is 68.5 cm³/mol. The molecule has 3 atom stereocenters. The Morgan fingerprint density at radius 1 is 1.35 bits per heavy atom. The maximum Gasteiger partial charge on any atom is 0.0689 e. The van der Waals surface area contributed by atoms with Crippen molar-refractivity contribution in [2.75, 3.05) is 6.61 Å². The minimum atomic E-state index is -0.00370. The molecule has 0 aromatic heterocycles. The van der Waals surface area contributed by atoms with Crippen molar-refractivity contribution in [2.45, 2.75) is 70.8 Å². The van der Waals surface area contributed by atoms with Crippen LogP contribution in [0, 0.1) is 22.7 Å². The molecule has 2 fully saturated rings. The lowest BCUT2D eigenvalue weighted by Gasteiger charge is -2.34. The molecule has 2 nitrogen and oxygen atoms in total. The summed E-state index contributed by atoms with van der Waals surface area (Å²) >= 11 is 0. The van der Waals surface area contributed by atoms with Crippen molar-refractivity contribution in [3.63, 3.8) is 0 Å². The Morgan fingerprint density at radius 2 is 2.24 bits per heavy atom. The minimum Gasteiger partial charge on any atom is -0.378 e. The van der Waals surface area contributed by atoms with Crippen LogP contribution in [-0.4, -0.2) is 12.7 Å². The summed E-state index contributed by atoms with van der Waals surface area (Å²) < 4.78 is 5.65. The fourth-order valence-electron chi connectivity index (χ4n) is 3.58. The van der Waals surface area contributed by atoms with Gasteiger partial charge in [-0.05, 0) is 50.9 Å². The van der Waals surface area contributed by atoms with Gasteiger partial charge in [-0.1, -0.05) is 19.8 Å². The first-order chi connectivity index (χ1) is 8.24. The molecular formula is C15H25NO. The van der Waals surface area contributed by atoms with Crippen LogP contribution < -0.4 is 0 Å². The average Bonchev–Trinajstić information content (AvgIpc) is 2.82. The molecule has 2 heteroatoms. The quantitative estimate of drug-likeness (QED) is 0.736. The maximum absolute atomic E-state index is 9.47. The van der Waals surface area contributed by atoms with E-state index in [0.29, 0.717) is 6.10 Å². The van der Waals surface area contributed by atoms with Crippen LogP contribution in [0.4, 0.5) is 0 Å². The van der Waals surface area contributed by atoms with Gasteiger partial charge in [0.1, 0.15) is 0 Å². The summed E-state index contributed by atoms with van der Waals surface area (Å²) in [5.41, 5.74) is -0.00370. The summed E-state index contributed by atoms with van der Waals surface area (Å²) in [4.78, 5) is 0. The van der Waals surface area contributed by atoms with Gasteiger partial charge in [-0.2, -0.15) is 5.26 Å². The number of hydrogen-bond donors (Lipinski definition) is 0. The molecule has 0 aromatic carbocycles. The lowest BCUT2D eigenvalue weighted by molar-refractivity contribution is 0.0960. The van der Waals surface area contributed by atoms with Crippen molar-refractivity contribution in [3.05, 3.63) is 0 Å². The van der Waals surface area contributed by atoms with Gasteiger partial charge in [0.25, 0.3) is 0 Å². The first-order valence-electron chi connectivity index (χ1n) is 7.27. The topological polar surface area (TPSA) is 33.0 Å². The summed E-state index contributed by atoms with van der Waals surface area (Å²) in [6, 6.07) is 2.63. The molecule has 1 aliphatic carbocycles. The molecule has 17 heavy (non-hydrogen) atoms. The number of rotatable bonds is 4. The normalized spacial score (nSPS) is 37.9. The van der Waals surface area contributed by atoms with Crippen LogP contribution in [0.15, 0.2) is 0 Å². The molecule has 0 amide bonds. The molecule has 1 saturated heterocycles. The van der Waals surface area contributed by atoms with Crippen molar-refractivity contribution in [3.8, 4) is 6.07 Å². The third-order valence-electron chi connectivity index (χ3n) is 4.53. The van der Waals surface area contributed by atoms with Gasteiger partial charge in [0, 0.05) is 6.61 Å². The van der Waals surface area contributed by atoms with Crippen LogP contribution >= 0.6 is 0 Å². The molecule has 0 spiro atoms. The van der Waals surface area contributed by atoms with Gasteiger partial charge in [0.2, 0.25) is 0 Å². The Bertz CT molecular complexity index is 277. The Morgan fingerprint density at radius 3 is 2.88 bits per heavy atom. The summed E-state index contributed by atoms with van der Waals surface area (Å²) in [7, 11) is 0. The Labute approximate surface area is 105 Å². The van der Waals surface area contributed by atoms with E-state index in [9.17, 15) is 5.26 Å². The van der Waals surface area contributed by atoms with Gasteiger partial charge in [-0.25, -0.2) is 0 Å².